The van der Waals surface area contributed by atoms with E-state index in [2.05, 4.69) is 0 Å². The molecule has 0 aromatic heterocycles. The lowest BCUT2D eigenvalue weighted by Gasteiger charge is -2.29. The van der Waals surface area contributed by atoms with Crippen molar-refractivity contribution in [3.8, 4) is 17.2 Å². The van der Waals surface area contributed by atoms with Crippen LogP contribution in [0.5, 0.6) is 17.2 Å². The fraction of sp³-hybridized carbons (Fsp3) is 0.167. The predicted molar refractivity (Wildman–Crippen MR) is 121 cm³/mol. The number of aliphatic hydroxyl groups excluding tert-OH is 1. The van der Waals surface area contributed by atoms with E-state index < -0.39 is 16.4 Å². The van der Waals surface area contributed by atoms with Crippen LogP contribution in [-0.2, 0) is 10.1 Å². The lowest BCUT2D eigenvalue weighted by Crippen LogP contribution is -2.25. The zero-order chi connectivity index (χ0) is 22.9. The summed E-state index contributed by atoms with van der Waals surface area (Å²) in [5.41, 5.74) is 3.08. The van der Waals surface area contributed by atoms with Crippen LogP contribution < -0.4 is 18.6 Å². The molecule has 0 saturated carbocycles. The molecule has 1 N–H and O–H groups in total. The Morgan fingerprint density at radius 2 is 1.72 bits per heavy atom. The summed E-state index contributed by atoms with van der Waals surface area (Å²) in [5.74, 6) is 0.884. The Balaban J connectivity index is 1.70. The molecule has 0 radical (unpaired) electrons. The summed E-state index contributed by atoms with van der Waals surface area (Å²) in [4.78, 5) is 1.86. The summed E-state index contributed by atoms with van der Waals surface area (Å²) in [7, 11) is -0.812. The quantitative estimate of drug-likeness (QED) is 0.566. The number of para-hydroxylation sites is 1. The molecule has 0 saturated heterocycles. The van der Waals surface area contributed by atoms with Gasteiger partial charge in [0.25, 0.3) is 0 Å². The van der Waals surface area contributed by atoms with Crippen molar-refractivity contribution in [3.63, 3.8) is 0 Å². The van der Waals surface area contributed by atoms with Crippen LogP contribution in [0.2, 0.25) is 0 Å². The van der Waals surface area contributed by atoms with Gasteiger partial charge in [-0.05, 0) is 43.3 Å². The van der Waals surface area contributed by atoms with E-state index in [1.54, 1.807) is 49.5 Å². The number of methoxy groups -OCH3 is 1. The van der Waals surface area contributed by atoms with Crippen molar-refractivity contribution in [3.05, 3.63) is 83.9 Å². The average molecular weight is 454 g/mol. The largest absolute Gasteiger partial charge is 0.493 e. The second-order valence-corrected chi connectivity index (χ2v) is 8.85. The number of hydrogen-bond acceptors (Lipinski definition) is 7. The summed E-state index contributed by atoms with van der Waals surface area (Å²) in [6.07, 6.45) is 0.481. The van der Waals surface area contributed by atoms with Crippen LogP contribution >= 0.6 is 0 Å². The zero-order valence-corrected chi connectivity index (χ0v) is 18.7. The normalized spacial score (nSPS) is 15.2. The fourth-order valence-electron chi connectivity index (χ4n) is 3.41. The molecule has 0 amide bonds. The molecular formula is C24H23NO6S. The number of ether oxygens (including phenoxy) is 2. The van der Waals surface area contributed by atoms with E-state index in [9.17, 15) is 13.5 Å². The van der Waals surface area contributed by atoms with Crippen molar-refractivity contribution in [2.75, 3.05) is 19.1 Å². The highest BCUT2D eigenvalue weighted by atomic mass is 32.2. The SMILES string of the molecule is COc1ccc(N(C)C2=CC(O)Oc3ccccc32)cc1OS(=O)(=O)c1ccc(C)cc1. The van der Waals surface area contributed by atoms with Crippen LogP contribution in [0.4, 0.5) is 5.69 Å². The molecule has 1 aliphatic rings. The molecule has 166 valence electrons. The summed E-state index contributed by atoms with van der Waals surface area (Å²) in [6.45, 7) is 1.87. The highest BCUT2D eigenvalue weighted by Gasteiger charge is 2.24. The van der Waals surface area contributed by atoms with Crippen molar-refractivity contribution in [1.29, 1.82) is 0 Å². The average Bonchev–Trinajstić information content (AvgIpc) is 2.78. The molecule has 0 aliphatic carbocycles. The Hall–Kier alpha value is -3.49. The number of benzene rings is 3. The number of nitrogens with zero attached hydrogens (tertiary/aromatic N) is 1. The number of aliphatic hydroxyl groups is 1. The van der Waals surface area contributed by atoms with Crippen molar-refractivity contribution in [1.82, 2.24) is 0 Å². The van der Waals surface area contributed by atoms with Gasteiger partial charge in [-0.25, -0.2) is 0 Å². The van der Waals surface area contributed by atoms with Gasteiger partial charge in [-0.1, -0.05) is 29.8 Å². The lowest BCUT2D eigenvalue weighted by molar-refractivity contribution is 0.0224. The van der Waals surface area contributed by atoms with E-state index in [4.69, 9.17) is 13.7 Å². The molecule has 1 heterocycles. The Morgan fingerprint density at radius 3 is 2.44 bits per heavy atom. The Morgan fingerprint density at radius 1 is 1.00 bits per heavy atom. The molecule has 1 unspecified atom stereocenters. The Labute approximate surface area is 187 Å². The number of rotatable bonds is 6. The minimum atomic E-state index is -4.06. The number of aryl methyl sites for hydroxylation is 1. The molecule has 0 fully saturated rings. The van der Waals surface area contributed by atoms with Gasteiger partial charge in [0.15, 0.2) is 11.5 Å². The smallest absolute Gasteiger partial charge is 0.339 e. The third-order valence-electron chi connectivity index (χ3n) is 5.12. The standard InChI is InChI=1S/C24H23NO6S/c1-16-8-11-18(12-9-16)32(27,28)31-23-14-17(10-13-22(23)29-3)25(2)20-15-24(26)30-21-7-5-4-6-19(20)21/h4-15,24,26H,1-3H3. The molecule has 1 aliphatic heterocycles. The minimum Gasteiger partial charge on any atom is -0.493 e. The van der Waals surface area contributed by atoms with Gasteiger partial charge in [0.1, 0.15) is 10.6 Å². The van der Waals surface area contributed by atoms with Crippen molar-refractivity contribution < 1.29 is 27.2 Å². The van der Waals surface area contributed by atoms with Gasteiger partial charge in [0.2, 0.25) is 6.29 Å². The third-order valence-corrected chi connectivity index (χ3v) is 6.36. The Kier molecular flexibility index (Phi) is 5.82. The topological polar surface area (TPSA) is 85.3 Å². The van der Waals surface area contributed by atoms with Gasteiger partial charge >= 0.3 is 10.1 Å². The minimum absolute atomic E-state index is 0.0492. The molecule has 0 bridgehead atoms. The number of fused-ring (bicyclic) bond motifs is 1. The van der Waals surface area contributed by atoms with Gasteiger partial charge in [0.05, 0.1) is 12.8 Å². The van der Waals surface area contributed by atoms with Gasteiger partial charge in [-0.15, -0.1) is 0 Å². The maximum Gasteiger partial charge on any atom is 0.339 e. The second kappa shape index (κ2) is 8.57. The van der Waals surface area contributed by atoms with Gasteiger partial charge in [0, 0.05) is 30.4 Å². The first-order valence-electron chi connectivity index (χ1n) is 9.87. The van der Waals surface area contributed by atoms with Crippen LogP contribution in [-0.4, -0.2) is 34.0 Å². The van der Waals surface area contributed by atoms with E-state index in [1.807, 2.05) is 30.0 Å². The van der Waals surface area contributed by atoms with E-state index >= 15 is 0 Å². The van der Waals surface area contributed by atoms with E-state index in [-0.39, 0.29) is 16.4 Å². The van der Waals surface area contributed by atoms with Gasteiger partial charge < -0.3 is 23.7 Å². The Bertz CT molecular complexity index is 1270. The first-order chi connectivity index (χ1) is 15.3. The van der Waals surface area contributed by atoms with E-state index in [1.165, 1.54) is 19.2 Å². The van der Waals surface area contributed by atoms with Gasteiger partial charge in [-0.3, -0.25) is 0 Å². The molecule has 7 nitrogen and oxygen atoms in total. The van der Waals surface area contributed by atoms with Gasteiger partial charge in [-0.2, -0.15) is 8.42 Å². The monoisotopic (exact) mass is 453 g/mol. The van der Waals surface area contributed by atoms with E-state index in [0.29, 0.717) is 17.1 Å². The van der Waals surface area contributed by atoms with Crippen LogP contribution in [0.1, 0.15) is 11.1 Å². The first-order valence-corrected chi connectivity index (χ1v) is 11.3. The second-order valence-electron chi connectivity index (χ2n) is 7.30. The molecule has 3 aromatic carbocycles. The van der Waals surface area contributed by atoms with Crippen molar-refractivity contribution in [2.24, 2.45) is 0 Å². The fourth-order valence-corrected chi connectivity index (χ4v) is 4.34. The van der Waals surface area contributed by atoms with Crippen LogP contribution in [0.15, 0.2) is 77.7 Å². The molecule has 8 heteroatoms. The van der Waals surface area contributed by atoms with E-state index in [0.717, 1.165) is 11.1 Å². The van der Waals surface area contributed by atoms with Crippen molar-refractivity contribution >= 4 is 21.5 Å². The molecule has 3 aromatic rings. The third kappa shape index (κ3) is 4.28. The van der Waals surface area contributed by atoms with Crippen LogP contribution in [0.3, 0.4) is 0 Å². The predicted octanol–water partition coefficient (Wildman–Crippen LogP) is 3.96. The zero-order valence-electron chi connectivity index (χ0n) is 17.8. The number of anilines is 1. The summed E-state index contributed by atoms with van der Waals surface area (Å²) in [5, 5.41) is 10.1. The van der Waals surface area contributed by atoms with Crippen LogP contribution in [0, 0.1) is 6.92 Å². The molecule has 4 rings (SSSR count). The van der Waals surface area contributed by atoms with Crippen LogP contribution in [0.25, 0.3) is 5.70 Å². The number of hydrogen-bond donors (Lipinski definition) is 1. The summed E-state index contributed by atoms with van der Waals surface area (Å²) in [6, 6.07) is 18.7. The molecular weight excluding hydrogens is 430 g/mol. The highest BCUT2D eigenvalue weighted by molar-refractivity contribution is 7.87. The first kappa shape index (κ1) is 21.7. The maximum atomic E-state index is 12.8. The lowest BCUT2D eigenvalue weighted by atomic mass is 10.1. The highest BCUT2D eigenvalue weighted by Crippen LogP contribution is 2.39. The summed E-state index contributed by atoms with van der Waals surface area (Å²) >= 11 is 0. The summed E-state index contributed by atoms with van der Waals surface area (Å²) < 4.78 is 41.9. The molecule has 0 spiro atoms. The van der Waals surface area contributed by atoms with Crippen molar-refractivity contribution in [2.45, 2.75) is 18.1 Å². The molecule has 32 heavy (non-hydrogen) atoms. The maximum absolute atomic E-state index is 12.8. The molecule has 1 atom stereocenters.